The molecule has 0 aromatic carbocycles. The van der Waals surface area contributed by atoms with Crippen LogP contribution in [0, 0.1) is 138 Å². The molecular weight excluding hydrogens is 751 g/mol. The van der Waals surface area contributed by atoms with Gasteiger partial charge in [-0.3, -0.25) is 0 Å². The SMILES string of the molecule is Cc1cc(C)n(C)c1.Cc1cn(C)c(C)c1C.Cc1cn(C)c(C)c1C.Cc1coc(C)c1C.Cc1coc(C)c1C.Cc1csc(C)c1C.Cc1csc(C)c1C. The van der Waals surface area contributed by atoms with Gasteiger partial charge in [0.05, 0.1) is 12.5 Å². The van der Waals surface area contributed by atoms with Crippen molar-refractivity contribution in [1.29, 1.82) is 0 Å². The quantitative estimate of drug-likeness (QED) is 0.153. The van der Waals surface area contributed by atoms with E-state index >= 15 is 0 Å². The van der Waals surface area contributed by atoms with Crippen LogP contribution in [0.5, 0.6) is 0 Å². The molecule has 0 saturated carbocycles. The molecule has 0 saturated heterocycles. The van der Waals surface area contributed by atoms with Crippen molar-refractivity contribution in [3.63, 3.8) is 0 Å². The van der Waals surface area contributed by atoms with E-state index in [9.17, 15) is 0 Å². The van der Waals surface area contributed by atoms with E-state index in [1.54, 1.807) is 12.5 Å². The molecule has 58 heavy (non-hydrogen) atoms. The topological polar surface area (TPSA) is 41.1 Å². The van der Waals surface area contributed by atoms with Gasteiger partial charge in [0.1, 0.15) is 11.5 Å². The van der Waals surface area contributed by atoms with Crippen molar-refractivity contribution in [2.75, 3.05) is 0 Å². The third-order valence-electron chi connectivity index (χ3n) is 11.6. The van der Waals surface area contributed by atoms with Crippen molar-refractivity contribution in [1.82, 2.24) is 13.7 Å². The summed E-state index contributed by atoms with van der Waals surface area (Å²) >= 11 is 3.66. The summed E-state index contributed by atoms with van der Waals surface area (Å²) in [6.45, 7) is 42.2. The summed E-state index contributed by atoms with van der Waals surface area (Å²) in [5, 5.41) is 4.40. The Balaban J connectivity index is 0.000000339. The van der Waals surface area contributed by atoms with Crippen molar-refractivity contribution in [3.05, 3.63) is 159 Å². The fourth-order valence-corrected chi connectivity index (χ4v) is 7.20. The van der Waals surface area contributed by atoms with Gasteiger partial charge in [-0.2, -0.15) is 0 Å². The van der Waals surface area contributed by atoms with Crippen LogP contribution < -0.4 is 0 Å². The molecule has 0 aliphatic heterocycles. The van der Waals surface area contributed by atoms with E-state index in [1.165, 1.54) is 99.2 Å². The number of rotatable bonds is 0. The minimum atomic E-state index is 1.03. The van der Waals surface area contributed by atoms with Gasteiger partial charge in [-0.15, -0.1) is 22.7 Å². The third kappa shape index (κ3) is 15.9. The highest BCUT2D eigenvalue weighted by atomic mass is 32.1. The standard InChI is InChI=1S/2C8H13N.C7H11N.2C7H10O.2C7H10S/c2*1-6-5-9(4)8(3)7(6)2;1-6-4-7(2)8(3)5-6;4*1-5-4-8-7(3)6(5)2/h2*5H,1-4H3;4-5H,1-3H3;4*4H,1-3H3. The van der Waals surface area contributed by atoms with E-state index in [4.69, 9.17) is 8.83 Å². The molecule has 7 rings (SSSR count). The largest absolute Gasteiger partial charge is 0.469 e. The van der Waals surface area contributed by atoms with E-state index in [0.29, 0.717) is 0 Å². The highest BCUT2D eigenvalue weighted by Crippen LogP contribution is 2.20. The molecule has 5 nitrogen and oxygen atoms in total. The van der Waals surface area contributed by atoms with Gasteiger partial charge in [0, 0.05) is 66.6 Å². The lowest BCUT2D eigenvalue weighted by Crippen LogP contribution is -1.87. The molecule has 7 heterocycles. The molecule has 0 amide bonds. The smallest absolute Gasteiger partial charge is 0.103 e. The first kappa shape index (κ1) is 51.8. The van der Waals surface area contributed by atoms with Crippen molar-refractivity contribution < 1.29 is 8.83 Å². The Kier molecular flexibility index (Phi) is 21.5. The molecule has 0 radical (unpaired) electrons. The molecule has 0 unspecified atom stereocenters. The van der Waals surface area contributed by atoms with Gasteiger partial charge in [-0.25, -0.2) is 0 Å². The summed E-state index contributed by atoms with van der Waals surface area (Å²) in [5.41, 5.74) is 21.8. The maximum absolute atomic E-state index is 5.09. The average molecular weight is 828 g/mol. The molecule has 7 aromatic rings. The second kappa shape index (κ2) is 24.0. The molecule has 0 aliphatic carbocycles. The van der Waals surface area contributed by atoms with Crippen LogP contribution in [0.1, 0.15) is 111 Å². The minimum Gasteiger partial charge on any atom is -0.469 e. The number of furan rings is 2. The summed E-state index contributed by atoms with van der Waals surface area (Å²) in [6, 6.07) is 2.17. The van der Waals surface area contributed by atoms with Gasteiger partial charge in [0.15, 0.2) is 0 Å². The van der Waals surface area contributed by atoms with E-state index < -0.39 is 0 Å². The first-order valence-corrected chi connectivity index (χ1v) is 21.9. The second-order valence-corrected chi connectivity index (χ2v) is 18.1. The zero-order valence-corrected chi connectivity index (χ0v) is 42.2. The molecule has 0 atom stereocenters. The first-order chi connectivity index (χ1) is 26.8. The molecule has 0 N–H and O–H groups in total. The highest BCUT2D eigenvalue weighted by Gasteiger charge is 2.02. The Bertz CT molecular complexity index is 1920. The molecule has 0 spiro atoms. The second-order valence-electron chi connectivity index (χ2n) is 15.9. The van der Waals surface area contributed by atoms with E-state index in [-0.39, 0.29) is 0 Å². The lowest BCUT2D eigenvalue weighted by molar-refractivity contribution is 0.530. The summed E-state index contributed by atoms with van der Waals surface area (Å²) in [6.07, 6.45) is 10.0. The average Bonchev–Trinajstić information content (AvgIpc) is 4.00. The summed E-state index contributed by atoms with van der Waals surface area (Å²) in [7, 11) is 6.22. The summed E-state index contributed by atoms with van der Waals surface area (Å²) in [5.74, 6) is 2.06. The lowest BCUT2D eigenvalue weighted by Gasteiger charge is -1.93. The van der Waals surface area contributed by atoms with E-state index in [2.05, 4.69) is 181 Å². The van der Waals surface area contributed by atoms with Gasteiger partial charge in [-0.05, 0) is 228 Å². The molecule has 7 heteroatoms. The van der Waals surface area contributed by atoms with Crippen LogP contribution in [0.25, 0.3) is 0 Å². The van der Waals surface area contributed by atoms with Crippen LogP contribution >= 0.6 is 22.7 Å². The van der Waals surface area contributed by atoms with Crippen molar-refractivity contribution >= 4 is 22.7 Å². The van der Waals surface area contributed by atoms with Crippen LogP contribution in [-0.4, -0.2) is 13.7 Å². The molecular formula is C51H77N3O2S2. The van der Waals surface area contributed by atoms with E-state index in [1.807, 2.05) is 50.4 Å². The number of thiophene rings is 2. The van der Waals surface area contributed by atoms with Crippen LogP contribution in [0.2, 0.25) is 0 Å². The van der Waals surface area contributed by atoms with Gasteiger partial charge in [0.25, 0.3) is 0 Å². The monoisotopic (exact) mass is 828 g/mol. The van der Waals surface area contributed by atoms with Crippen LogP contribution in [-0.2, 0) is 21.1 Å². The Hall–Kier alpha value is -4.20. The normalized spacial score (nSPS) is 9.98. The van der Waals surface area contributed by atoms with Gasteiger partial charge in [0.2, 0.25) is 0 Å². The number of aromatic nitrogens is 3. The maximum Gasteiger partial charge on any atom is 0.103 e. The Morgan fingerprint density at radius 2 is 0.724 bits per heavy atom. The van der Waals surface area contributed by atoms with Crippen LogP contribution in [0.3, 0.4) is 0 Å². The number of hydrogen-bond donors (Lipinski definition) is 0. The Labute approximate surface area is 361 Å². The van der Waals surface area contributed by atoms with Crippen LogP contribution in [0.4, 0.5) is 0 Å². The molecule has 320 valence electrons. The molecule has 0 aliphatic rings. The fraction of sp³-hybridized carbons (Fsp3) is 0.451. The predicted molar refractivity (Wildman–Crippen MR) is 257 cm³/mol. The highest BCUT2D eigenvalue weighted by molar-refractivity contribution is 7.10. The van der Waals surface area contributed by atoms with Crippen molar-refractivity contribution in [2.45, 2.75) is 138 Å². The van der Waals surface area contributed by atoms with Gasteiger partial charge >= 0.3 is 0 Å². The first-order valence-electron chi connectivity index (χ1n) is 20.1. The van der Waals surface area contributed by atoms with Crippen molar-refractivity contribution in [3.8, 4) is 0 Å². The number of aryl methyl sites for hydroxylation is 15. The van der Waals surface area contributed by atoms with Crippen LogP contribution in [0.15, 0.2) is 56.8 Å². The van der Waals surface area contributed by atoms with E-state index in [0.717, 1.165) is 11.5 Å². The summed E-state index contributed by atoms with van der Waals surface area (Å²) in [4.78, 5) is 2.89. The van der Waals surface area contributed by atoms with Gasteiger partial charge in [-0.1, -0.05) is 0 Å². The Morgan fingerprint density at radius 3 is 0.793 bits per heavy atom. The Morgan fingerprint density at radius 1 is 0.379 bits per heavy atom. The van der Waals surface area contributed by atoms with Crippen molar-refractivity contribution in [2.24, 2.45) is 21.1 Å². The maximum atomic E-state index is 5.09. The zero-order valence-electron chi connectivity index (χ0n) is 40.6. The fourth-order valence-electron chi connectivity index (χ4n) is 5.47. The molecule has 7 aromatic heterocycles. The summed E-state index contributed by atoms with van der Waals surface area (Å²) < 4.78 is 16.6. The predicted octanol–water partition coefficient (Wildman–Crippen LogP) is 15.3. The third-order valence-corrected chi connectivity index (χ3v) is 13.9. The number of nitrogens with zero attached hydrogens (tertiary/aromatic N) is 3. The molecule has 0 bridgehead atoms. The van der Waals surface area contributed by atoms with Gasteiger partial charge < -0.3 is 22.5 Å². The lowest BCUT2D eigenvalue weighted by atomic mass is 10.2. The molecule has 0 fully saturated rings. The minimum absolute atomic E-state index is 1.03. The zero-order chi connectivity index (χ0) is 44.8. The number of hydrogen-bond acceptors (Lipinski definition) is 4.